The van der Waals surface area contributed by atoms with Gasteiger partial charge >= 0.3 is 6.03 Å². The summed E-state index contributed by atoms with van der Waals surface area (Å²) in [5.74, 6) is -2.33. The Morgan fingerprint density at radius 2 is 1.59 bits per heavy atom. The summed E-state index contributed by atoms with van der Waals surface area (Å²) in [6, 6.07) is -3.18. The molecule has 0 aromatic carbocycles. The molecule has 10 heteroatoms. The highest BCUT2D eigenvalue weighted by Crippen LogP contribution is 3.00. The van der Waals surface area contributed by atoms with Crippen molar-refractivity contribution in [3.63, 3.8) is 0 Å². The standard InChI is InChI=1S/C29H43N5O5/c1-16(2)31-25(39)33-21(26(3,4)5)24(38)34-15-29(27(9-10-27)28(29)11-12-28)14-19(34)23(37)32-18(20(35)22(30)36)13-17-7-6-8-17/h17-19,21H,1,6-15H2,2-5H3,(H2,30,36)(H,32,37)(H2,31,33,39)/t18?,19-,21+/m0/s1. The van der Waals surface area contributed by atoms with E-state index in [0.29, 0.717) is 25.1 Å². The number of rotatable bonds is 9. The number of amides is 5. The zero-order chi connectivity index (χ0) is 28.5. The third-order valence-corrected chi connectivity index (χ3v) is 10.5. The van der Waals surface area contributed by atoms with Crippen LogP contribution in [0, 0.1) is 27.6 Å². The number of primary amides is 1. The van der Waals surface area contributed by atoms with Gasteiger partial charge in [0, 0.05) is 17.7 Å². The molecular formula is C29H43N5O5. The minimum Gasteiger partial charge on any atom is -0.363 e. The Balaban J connectivity index is 1.41. The average Bonchev–Trinajstić information content (AvgIpc) is 3.75. The molecule has 10 nitrogen and oxygen atoms in total. The lowest BCUT2D eigenvalue weighted by Crippen LogP contribution is -2.60. The van der Waals surface area contributed by atoms with Gasteiger partial charge in [0.05, 0.1) is 6.04 Å². The number of hydrogen-bond donors (Lipinski definition) is 4. The first-order chi connectivity index (χ1) is 18.2. The SMILES string of the molecule is C=C(C)NC(=O)N[C@H](C(=O)N1CC2(C[C@H]1C(=O)NC(CC1CCC1)C(=O)C(N)=O)C1(CC1)C21CC1)C(C)(C)C. The van der Waals surface area contributed by atoms with Gasteiger partial charge in [0.2, 0.25) is 17.6 Å². The molecule has 1 unspecified atom stereocenters. The lowest BCUT2D eigenvalue weighted by atomic mass is 9.80. The Kier molecular flexibility index (Phi) is 6.42. The molecule has 1 aliphatic heterocycles. The lowest BCUT2D eigenvalue weighted by Gasteiger charge is -2.36. The monoisotopic (exact) mass is 541 g/mol. The molecule has 0 bridgehead atoms. The van der Waals surface area contributed by atoms with Gasteiger partial charge < -0.3 is 26.6 Å². The van der Waals surface area contributed by atoms with Crippen LogP contribution in [-0.4, -0.2) is 59.1 Å². The summed E-state index contributed by atoms with van der Waals surface area (Å²) in [5, 5.41) is 8.25. The highest BCUT2D eigenvalue weighted by atomic mass is 16.2. The van der Waals surface area contributed by atoms with E-state index in [1.165, 1.54) is 0 Å². The normalized spacial score (nSPS) is 26.4. The topological polar surface area (TPSA) is 151 Å². The van der Waals surface area contributed by atoms with Crippen LogP contribution in [0.15, 0.2) is 12.3 Å². The molecule has 39 heavy (non-hydrogen) atoms. The summed E-state index contributed by atoms with van der Waals surface area (Å²) in [4.78, 5) is 66.8. The maximum Gasteiger partial charge on any atom is 0.319 e. The van der Waals surface area contributed by atoms with Crippen molar-refractivity contribution in [2.75, 3.05) is 6.54 Å². The summed E-state index contributed by atoms with van der Waals surface area (Å²) in [6.45, 7) is 11.4. The number of urea groups is 1. The zero-order valence-electron chi connectivity index (χ0n) is 23.7. The molecule has 5 rings (SSSR count). The van der Waals surface area contributed by atoms with E-state index in [4.69, 9.17) is 5.73 Å². The maximum atomic E-state index is 14.2. The molecule has 4 aliphatic carbocycles. The Labute approximate surface area is 230 Å². The number of allylic oxidation sites excluding steroid dienone is 1. The molecule has 5 amide bonds. The van der Waals surface area contributed by atoms with E-state index in [2.05, 4.69) is 22.5 Å². The minimum atomic E-state index is -1.06. The molecule has 5 aliphatic rings. The van der Waals surface area contributed by atoms with E-state index in [9.17, 15) is 24.0 Å². The molecule has 214 valence electrons. The van der Waals surface area contributed by atoms with Crippen LogP contribution in [0.2, 0.25) is 0 Å². The molecule has 4 saturated carbocycles. The van der Waals surface area contributed by atoms with Gasteiger partial charge in [-0.15, -0.1) is 0 Å². The minimum absolute atomic E-state index is 0.1000. The van der Waals surface area contributed by atoms with Crippen LogP contribution < -0.4 is 21.7 Å². The number of carbonyl (C=O) groups is 5. The van der Waals surface area contributed by atoms with Crippen molar-refractivity contribution in [2.45, 2.75) is 104 Å². The molecule has 0 aromatic heterocycles. The quantitative estimate of drug-likeness (QED) is 0.330. The van der Waals surface area contributed by atoms with Gasteiger partial charge in [-0.2, -0.15) is 0 Å². The predicted octanol–water partition coefficient (Wildman–Crippen LogP) is 2.12. The van der Waals surface area contributed by atoms with E-state index in [0.717, 1.165) is 44.9 Å². The second-order valence-electron chi connectivity index (χ2n) is 13.9. The Bertz CT molecular complexity index is 1110. The molecule has 1 heterocycles. The first-order valence-corrected chi connectivity index (χ1v) is 14.4. The highest BCUT2D eigenvalue weighted by molar-refractivity contribution is 6.37. The second-order valence-corrected chi connectivity index (χ2v) is 13.9. The Morgan fingerprint density at radius 1 is 1.00 bits per heavy atom. The van der Waals surface area contributed by atoms with Crippen LogP contribution in [0.4, 0.5) is 4.79 Å². The Morgan fingerprint density at radius 3 is 2.03 bits per heavy atom. The van der Waals surface area contributed by atoms with Crippen molar-refractivity contribution in [1.82, 2.24) is 20.9 Å². The van der Waals surface area contributed by atoms with Crippen LogP contribution >= 0.6 is 0 Å². The van der Waals surface area contributed by atoms with Gasteiger partial charge in [0.15, 0.2) is 0 Å². The van der Waals surface area contributed by atoms with Gasteiger partial charge in [0.25, 0.3) is 5.91 Å². The van der Waals surface area contributed by atoms with E-state index in [1.807, 2.05) is 20.8 Å². The van der Waals surface area contributed by atoms with Crippen molar-refractivity contribution >= 4 is 29.5 Å². The number of nitrogens with zero attached hydrogens (tertiary/aromatic N) is 1. The smallest absolute Gasteiger partial charge is 0.319 e. The third-order valence-electron chi connectivity index (χ3n) is 10.5. The number of Topliss-reactive ketones (excluding diaryl/α,β-unsaturated/α-hetero) is 1. The van der Waals surface area contributed by atoms with Gasteiger partial charge in [-0.25, -0.2) is 4.79 Å². The largest absolute Gasteiger partial charge is 0.363 e. The second kappa shape index (κ2) is 9.06. The first kappa shape index (κ1) is 27.6. The molecule has 3 spiro atoms. The van der Waals surface area contributed by atoms with Crippen molar-refractivity contribution in [2.24, 2.45) is 33.3 Å². The van der Waals surface area contributed by atoms with Crippen molar-refractivity contribution < 1.29 is 24.0 Å². The lowest BCUT2D eigenvalue weighted by molar-refractivity contribution is -0.143. The summed E-state index contributed by atoms with van der Waals surface area (Å²) < 4.78 is 0. The molecule has 3 atom stereocenters. The molecule has 0 aromatic rings. The number of likely N-dealkylation sites (tertiary alicyclic amines) is 1. The molecule has 5 fully saturated rings. The van der Waals surface area contributed by atoms with Crippen LogP contribution in [0.25, 0.3) is 0 Å². The van der Waals surface area contributed by atoms with Gasteiger partial charge in [-0.1, -0.05) is 46.6 Å². The van der Waals surface area contributed by atoms with Crippen LogP contribution in [0.1, 0.15) is 85.5 Å². The average molecular weight is 542 g/mol. The van der Waals surface area contributed by atoms with Crippen LogP contribution in [0.5, 0.6) is 0 Å². The molecule has 0 radical (unpaired) electrons. The first-order valence-electron chi connectivity index (χ1n) is 14.4. The maximum absolute atomic E-state index is 14.2. The van der Waals surface area contributed by atoms with E-state index >= 15 is 0 Å². The summed E-state index contributed by atoms with van der Waals surface area (Å²) in [6.07, 6.45) is 8.36. The number of nitrogens with one attached hydrogen (secondary N) is 3. The van der Waals surface area contributed by atoms with E-state index < -0.39 is 47.2 Å². The predicted molar refractivity (Wildman–Crippen MR) is 144 cm³/mol. The van der Waals surface area contributed by atoms with Crippen molar-refractivity contribution in [3.8, 4) is 0 Å². The van der Waals surface area contributed by atoms with Crippen molar-refractivity contribution in [1.29, 1.82) is 0 Å². The van der Waals surface area contributed by atoms with Crippen LogP contribution in [-0.2, 0) is 19.2 Å². The van der Waals surface area contributed by atoms with Gasteiger partial charge in [-0.05, 0) is 67.6 Å². The number of carbonyl (C=O) groups excluding carboxylic acids is 5. The number of fused-ring (bicyclic) bond motifs is 3. The fourth-order valence-corrected chi connectivity index (χ4v) is 8.15. The fourth-order valence-electron chi connectivity index (χ4n) is 8.15. The van der Waals surface area contributed by atoms with Gasteiger partial charge in [0.1, 0.15) is 12.1 Å². The summed E-state index contributed by atoms with van der Waals surface area (Å²) in [5.41, 5.74) is 5.47. The van der Waals surface area contributed by atoms with Crippen LogP contribution in [0.3, 0.4) is 0 Å². The molecular weight excluding hydrogens is 498 g/mol. The number of hydrogen-bond acceptors (Lipinski definition) is 5. The van der Waals surface area contributed by atoms with E-state index in [-0.39, 0.29) is 28.1 Å². The fraction of sp³-hybridized carbons (Fsp3) is 0.759. The third kappa shape index (κ3) is 4.34. The number of nitrogens with two attached hydrogens (primary N) is 1. The zero-order valence-corrected chi connectivity index (χ0v) is 23.7. The molecule has 5 N–H and O–H groups in total. The highest BCUT2D eigenvalue weighted by Gasteiger charge is 2.96. The number of ketones is 1. The summed E-state index contributed by atoms with van der Waals surface area (Å²) >= 11 is 0. The summed E-state index contributed by atoms with van der Waals surface area (Å²) in [7, 11) is 0. The van der Waals surface area contributed by atoms with Gasteiger partial charge in [-0.3, -0.25) is 19.2 Å². The Hall–Kier alpha value is -2.91. The van der Waals surface area contributed by atoms with E-state index in [1.54, 1.807) is 11.8 Å². The van der Waals surface area contributed by atoms with Crippen molar-refractivity contribution in [3.05, 3.63) is 12.3 Å². The molecule has 1 saturated heterocycles.